The first-order valence-corrected chi connectivity index (χ1v) is 7.49. The van der Waals surface area contributed by atoms with Gasteiger partial charge in [0, 0.05) is 12.1 Å². The Balaban J connectivity index is 1.84. The SMILES string of the molecule is C=C(C[C@H](O)c1ccccc1)[C@@H](C)OC(=O)Nc1ccccc1. The smallest absolute Gasteiger partial charge is 0.412 e. The Kier molecular flexibility index (Phi) is 5.94. The van der Waals surface area contributed by atoms with Gasteiger partial charge in [0.15, 0.2) is 0 Å². The number of aliphatic hydroxyl groups excluding tert-OH is 1. The molecule has 2 N–H and O–H groups in total. The van der Waals surface area contributed by atoms with Gasteiger partial charge < -0.3 is 9.84 Å². The van der Waals surface area contributed by atoms with Crippen molar-refractivity contribution in [1.82, 2.24) is 0 Å². The molecule has 2 aromatic carbocycles. The molecule has 23 heavy (non-hydrogen) atoms. The molecule has 0 unspecified atom stereocenters. The molecule has 4 heteroatoms. The average molecular weight is 311 g/mol. The predicted molar refractivity (Wildman–Crippen MR) is 91.2 cm³/mol. The first-order chi connectivity index (χ1) is 11.1. The van der Waals surface area contributed by atoms with Gasteiger partial charge in [-0.2, -0.15) is 0 Å². The van der Waals surface area contributed by atoms with E-state index in [0.29, 0.717) is 17.7 Å². The van der Waals surface area contributed by atoms with Crippen molar-refractivity contribution >= 4 is 11.8 Å². The van der Waals surface area contributed by atoms with Gasteiger partial charge in [-0.3, -0.25) is 5.32 Å². The van der Waals surface area contributed by atoms with E-state index in [1.165, 1.54) is 0 Å². The third-order valence-electron chi connectivity index (χ3n) is 3.52. The normalized spacial score (nSPS) is 13.0. The molecule has 0 aliphatic carbocycles. The van der Waals surface area contributed by atoms with Crippen LogP contribution in [-0.4, -0.2) is 17.3 Å². The zero-order chi connectivity index (χ0) is 16.7. The second-order valence-corrected chi connectivity index (χ2v) is 5.33. The minimum atomic E-state index is -0.660. The molecule has 0 bridgehead atoms. The summed E-state index contributed by atoms with van der Waals surface area (Å²) in [4.78, 5) is 11.8. The minimum Gasteiger partial charge on any atom is -0.442 e. The Morgan fingerprint density at radius 1 is 1.13 bits per heavy atom. The number of carbonyl (C=O) groups is 1. The number of hydrogen-bond acceptors (Lipinski definition) is 3. The molecule has 2 atom stereocenters. The number of ether oxygens (including phenoxy) is 1. The number of benzene rings is 2. The van der Waals surface area contributed by atoms with Gasteiger partial charge >= 0.3 is 6.09 Å². The lowest BCUT2D eigenvalue weighted by atomic mass is 10.00. The Labute approximate surface area is 136 Å². The van der Waals surface area contributed by atoms with Gasteiger partial charge in [0.05, 0.1) is 6.10 Å². The number of rotatable bonds is 6. The number of aliphatic hydroxyl groups is 1. The van der Waals surface area contributed by atoms with Crippen LogP contribution in [-0.2, 0) is 4.74 Å². The Morgan fingerprint density at radius 2 is 1.70 bits per heavy atom. The van der Waals surface area contributed by atoms with Gasteiger partial charge in [0.1, 0.15) is 6.10 Å². The fraction of sp³-hybridized carbons (Fsp3) is 0.211. The number of para-hydroxylation sites is 1. The summed E-state index contributed by atoms with van der Waals surface area (Å²) in [5.74, 6) is 0. The predicted octanol–water partition coefficient (Wildman–Crippen LogP) is 4.30. The van der Waals surface area contributed by atoms with Crippen LogP contribution in [0.15, 0.2) is 72.8 Å². The van der Waals surface area contributed by atoms with E-state index >= 15 is 0 Å². The van der Waals surface area contributed by atoms with E-state index in [1.807, 2.05) is 48.5 Å². The summed E-state index contributed by atoms with van der Waals surface area (Å²) >= 11 is 0. The maximum Gasteiger partial charge on any atom is 0.412 e. The maximum absolute atomic E-state index is 11.8. The molecule has 2 aromatic rings. The zero-order valence-electron chi connectivity index (χ0n) is 13.1. The van der Waals surface area contributed by atoms with E-state index in [9.17, 15) is 9.90 Å². The highest BCUT2D eigenvalue weighted by molar-refractivity contribution is 5.84. The Morgan fingerprint density at radius 3 is 2.30 bits per heavy atom. The molecule has 120 valence electrons. The van der Waals surface area contributed by atoms with Gasteiger partial charge in [-0.25, -0.2) is 4.79 Å². The highest BCUT2D eigenvalue weighted by Gasteiger charge is 2.17. The van der Waals surface area contributed by atoms with Crippen LogP contribution in [0.25, 0.3) is 0 Å². The summed E-state index contributed by atoms with van der Waals surface area (Å²) < 4.78 is 5.29. The van der Waals surface area contributed by atoms with Crippen LogP contribution in [0.1, 0.15) is 25.0 Å². The van der Waals surface area contributed by atoms with Crippen LogP contribution in [0.4, 0.5) is 10.5 Å². The molecule has 0 radical (unpaired) electrons. The zero-order valence-corrected chi connectivity index (χ0v) is 13.1. The fourth-order valence-electron chi connectivity index (χ4n) is 2.12. The third-order valence-corrected chi connectivity index (χ3v) is 3.52. The van der Waals surface area contributed by atoms with Crippen LogP contribution < -0.4 is 5.32 Å². The molecular weight excluding hydrogens is 290 g/mol. The molecule has 4 nitrogen and oxygen atoms in total. The lowest BCUT2D eigenvalue weighted by Crippen LogP contribution is -2.22. The molecule has 0 aliphatic heterocycles. The molecule has 0 heterocycles. The number of anilines is 1. The minimum absolute atomic E-state index is 0.337. The molecular formula is C19H21NO3. The largest absolute Gasteiger partial charge is 0.442 e. The number of amides is 1. The summed E-state index contributed by atoms with van der Waals surface area (Å²) in [6, 6.07) is 18.4. The van der Waals surface area contributed by atoms with E-state index in [4.69, 9.17) is 4.74 Å². The third kappa shape index (κ3) is 5.27. The summed E-state index contributed by atoms with van der Waals surface area (Å²) in [5, 5.41) is 12.8. The van der Waals surface area contributed by atoms with Crippen molar-refractivity contribution in [3.8, 4) is 0 Å². The molecule has 0 saturated heterocycles. The lowest BCUT2D eigenvalue weighted by Gasteiger charge is -2.19. The van der Waals surface area contributed by atoms with Crippen molar-refractivity contribution in [1.29, 1.82) is 0 Å². The summed E-state index contributed by atoms with van der Waals surface area (Å²) in [6.45, 7) is 5.66. The van der Waals surface area contributed by atoms with Crippen LogP contribution in [0.2, 0.25) is 0 Å². The summed E-state index contributed by atoms with van der Waals surface area (Å²) in [7, 11) is 0. The Bertz CT molecular complexity index is 640. The molecule has 2 rings (SSSR count). The van der Waals surface area contributed by atoms with E-state index in [0.717, 1.165) is 5.56 Å². The number of carbonyl (C=O) groups excluding carboxylic acids is 1. The van der Waals surface area contributed by atoms with Crippen LogP contribution in [0.3, 0.4) is 0 Å². The Hall–Kier alpha value is -2.59. The molecule has 0 saturated carbocycles. The molecule has 1 amide bonds. The quantitative estimate of drug-likeness (QED) is 0.782. The van der Waals surface area contributed by atoms with Gasteiger partial charge in [0.2, 0.25) is 0 Å². The first kappa shape index (κ1) is 16.8. The maximum atomic E-state index is 11.8. The van der Waals surface area contributed by atoms with Crippen molar-refractivity contribution in [2.45, 2.75) is 25.6 Å². The van der Waals surface area contributed by atoms with Crippen LogP contribution in [0, 0.1) is 0 Å². The second kappa shape index (κ2) is 8.15. The van der Waals surface area contributed by atoms with Crippen LogP contribution >= 0.6 is 0 Å². The van der Waals surface area contributed by atoms with Crippen molar-refractivity contribution in [2.24, 2.45) is 0 Å². The van der Waals surface area contributed by atoms with E-state index in [1.54, 1.807) is 19.1 Å². The van der Waals surface area contributed by atoms with Gasteiger partial charge in [-0.15, -0.1) is 0 Å². The highest BCUT2D eigenvalue weighted by Crippen LogP contribution is 2.22. The standard InChI is InChI=1S/C19H21NO3/c1-14(13-18(21)16-9-5-3-6-10-16)15(2)23-19(22)20-17-11-7-4-8-12-17/h3-12,15,18,21H,1,13H2,2H3,(H,20,22)/t15-,18+/m1/s1. The summed E-state index contributed by atoms with van der Waals surface area (Å²) in [6.07, 6.45) is -1.35. The fourth-order valence-corrected chi connectivity index (χ4v) is 2.12. The van der Waals surface area contributed by atoms with Gasteiger partial charge in [0.25, 0.3) is 0 Å². The van der Waals surface area contributed by atoms with Gasteiger partial charge in [-0.1, -0.05) is 55.1 Å². The van der Waals surface area contributed by atoms with E-state index < -0.39 is 18.3 Å². The number of nitrogens with one attached hydrogen (secondary N) is 1. The monoisotopic (exact) mass is 311 g/mol. The first-order valence-electron chi connectivity index (χ1n) is 7.49. The van der Waals surface area contributed by atoms with Crippen molar-refractivity contribution in [3.05, 3.63) is 78.4 Å². The van der Waals surface area contributed by atoms with Crippen LogP contribution in [0.5, 0.6) is 0 Å². The lowest BCUT2D eigenvalue weighted by molar-refractivity contribution is 0.124. The van der Waals surface area contributed by atoms with E-state index in [-0.39, 0.29) is 0 Å². The second-order valence-electron chi connectivity index (χ2n) is 5.33. The molecule has 0 aliphatic rings. The van der Waals surface area contributed by atoms with Crippen molar-refractivity contribution in [2.75, 3.05) is 5.32 Å². The molecule has 0 spiro atoms. The average Bonchev–Trinajstić information content (AvgIpc) is 2.56. The topological polar surface area (TPSA) is 58.6 Å². The van der Waals surface area contributed by atoms with E-state index in [2.05, 4.69) is 11.9 Å². The highest BCUT2D eigenvalue weighted by atomic mass is 16.6. The van der Waals surface area contributed by atoms with Gasteiger partial charge in [-0.05, 0) is 30.2 Å². The van der Waals surface area contributed by atoms with Crippen molar-refractivity contribution in [3.63, 3.8) is 0 Å². The summed E-state index contributed by atoms with van der Waals surface area (Å²) in [5.41, 5.74) is 2.14. The molecule has 0 fully saturated rings. The van der Waals surface area contributed by atoms with Crippen molar-refractivity contribution < 1.29 is 14.6 Å². The number of hydrogen-bond donors (Lipinski definition) is 2. The molecule has 0 aromatic heterocycles.